The standard InChI is InChI=1S/C13H18FNO4S/c1-5-13(3,4)15-20(18,19)9-6-8(2)11(14)10(7-9)12(16)17/h6-7,15H,5H2,1-4H3,(H,16,17). The first-order chi connectivity index (χ1) is 9.00. The van der Waals surface area contributed by atoms with Crippen LogP contribution >= 0.6 is 0 Å². The van der Waals surface area contributed by atoms with Gasteiger partial charge in [-0.3, -0.25) is 0 Å². The van der Waals surface area contributed by atoms with E-state index in [1.54, 1.807) is 13.8 Å². The highest BCUT2D eigenvalue weighted by Crippen LogP contribution is 2.21. The molecule has 0 aliphatic rings. The van der Waals surface area contributed by atoms with Gasteiger partial charge in [-0.2, -0.15) is 0 Å². The summed E-state index contributed by atoms with van der Waals surface area (Å²) in [6.45, 7) is 6.56. The average molecular weight is 303 g/mol. The summed E-state index contributed by atoms with van der Waals surface area (Å²) in [4.78, 5) is 10.7. The first kappa shape index (κ1) is 16.6. The fraction of sp³-hybridized carbons (Fsp3) is 0.462. The van der Waals surface area contributed by atoms with Crippen molar-refractivity contribution in [3.05, 3.63) is 29.1 Å². The molecule has 112 valence electrons. The number of benzene rings is 1. The van der Waals surface area contributed by atoms with E-state index in [9.17, 15) is 17.6 Å². The van der Waals surface area contributed by atoms with Gasteiger partial charge in [0.05, 0.1) is 10.5 Å². The van der Waals surface area contributed by atoms with Crippen LogP contribution in [0.1, 0.15) is 43.1 Å². The van der Waals surface area contributed by atoms with Gasteiger partial charge in [-0.25, -0.2) is 22.3 Å². The first-order valence-electron chi connectivity index (χ1n) is 6.07. The van der Waals surface area contributed by atoms with E-state index in [1.165, 1.54) is 6.92 Å². The van der Waals surface area contributed by atoms with Crippen molar-refractivity contribution < 1.29 is 22.7 Å². The van der Waals surface area contributed by atoms with Gasteiger partial charge in [0, 0.05) is 5.54 Å². The number of halogens is 1. The lowest BCUT2D eigenvalue weighted by Crippen LogP contribution is -2.42. The molecule has 0 amide bonds. The number of carboxylic acids is 1. The third kappa shape index (κ3) is 3.55. The molecule has 0 bridgehead atoms. The van der Waals surface area contributed by atoms with Crippen LogP contribution in [-0.4, -0.2) is 25.0 Å². The minimum atomic E-state index is -3.91. The van der Waals surface area contributed by atoms with Crippen LogP contribution in [0, 0.1) is 12.7 Å². The number of carboxylic acid groups (broad SMARTS) is 1. The molecule has 0 radical (unpaired) electrons. The van der Waals surface area contributed by atoms with E-state index in [0.717, 1.165) is 12.1 Å². The third-order valence-electron chi connectivity index (χ3n) is 3.06. The van der Waals surface area contributed by atoms with Crippen molar-refractivity contribution in [3.8, 4) is 0 Å². The van der Waals surface area contributed by atoms with Crippen LogP contribution in [0.2, 0.25) is 0 Å². The Morgan fingerprint density at radius 2 is 1.95 bits per heavy atom. The molecule has 0 heterocycles. The number of aromatic carboxylic acids is 1. The highest BCUT2D eigenvalue weighted by Gasteiger charge is 2.26. The Balaban J connectivity index is 3.37. The Labute approximate surface area is 117 Å². The summed E-state index contributed by atoms with van der Waals surface area (Å²) >= 11 is 0. The molecular weight excluding hydrogens is 285 g/mol. The van der Waals surface area contributed by atoms with Crippen molar-refractivity contribution in [2.24, 2.45) is 0 Å². The third-order valence-corrected chi connectivity index (χ3v) is 4.74. The van der Waals surface area contributed by atoms with Gasteiger partial charge in [0.1, 0.15) is 5.82 Å². The molecule has 0 fully saturated rings. The second-order valence-corrected chi connectivity index (χ2v) is 6.93. The second kappa shape index (κ2) is 5.49. The minimum absolute atomic E-state index is 0.0282. The molecule has 0 atom stereocenters. The normalized spacial score (nSPS) is 12.4. The van der Waals surface area contributed by atoms with Crippen LogP contribution < -0.4 is 4.72 Å². The van der Waals surface area contributed by atoms with Crippen LogP contribution in [0.4, 0.5) is 4.39 Å². The van der Waals surface area contributed by atoms with Crippen LogP contribution in [0.15, 0.2) is 17.0 Å². The van der Waals surface area contributed by atoms with E-state index < -0.39 is 32.9 Å². The maximum absolute atomic E-state index is 13.6. The summed E-state index contributed by atoms with van der Waals surface area (Å²) in [6, 6.07) is 1.95. The summed E-state index contributed by atoms with van der Waals surface area (Å²) < 4.78 is 40.5. The maximum Gasteiger partial charge on any atom is 0.338 e. The Hall–Kier alpha value is -1.47. The van der Waals surface area contributed by atoms with E-state index in [4.69, 9.17) is 5.11 Å². The number of rotatable bonds is 5. The fourth-order valence-corrected chi connectivity index (χ4v) is 3.14. The van der Waals surface area contributed by atoms with Crippen molar-refractivity contribution in [2.45, 2.75) is 44.6 Å². The zero-order valence-corrected chi connectivity index (χ0v) is 12.6. The molecule has 2 N–H and O–H groups in total. The van der Waals surface area contributed by atoms with Crippen molar-refractivity contribution >= 4 is 16.0 Å². The Bertz CT molecular complexity index is 638. The van der Waals surface area contributed by atoms with E-state index in [2.05, 4.69) is 4.72 Å². The second-order valence-electron chi connectivity index (χ2n) is 5.25. The zero-order valence-electron chi connectivity index (χ0n) is 11.8. The first-order valence-corrected chi connectivity index (χ1v) is 7.56. The van der Waals surface area contributed by atoms with E-state index in [1.807, 2.05) is 6.92 Å². The van der Waals surface area contributed by atoms with Crippen molar-refractivity contribution in [1.29, 1.82) is 0 Å². The summed E-state index contributed by atoms with van der Waals surface area (Å²) in [5, 5.41) is 8.90. The Morgan fingerprint density at radius 3 is 2.40 bits per heavy atom. The highest BCUT2D eigenvalue weighted by atomic mass is 32.2. The molecule has 1 aromatic carbocycles. The van der Waals surface area contributed by atoms with E-state index >= 15 is 0 Å². The molecule has 1 rings (SSSR count). The summed E-state index contributed by atoms with van der Waals surface area (Å²) in [7, 11) is -3.91. The van der Waals surface area contributed by atoms with Gasteiger partial charge in [0.25, 0.3) is 0 Å². The van der Waals surface area contributed by atoms with Gasteiger partial charge >= 0.3 is 5.97 Å². The predicted octanol–water partition coefficient (Wildman–Crippen LogP) is 2.30. The molecule has 1 aromatic rings. The van der Waals surface area contributed by atoms with Crippen molar-refractivity contribution in [3.63, 3.8) is 0 Å². The maximum atomic E-state index is 13.6. The molecule has 0 spiro atoms. The lowest BCUT2D eigenvalue weighted by molar-refractivity contribution is 0.0691. The number of carbonyl (C=O) groups is 1. The number of nitrogens with one attached hydrogen (secondary N) is 1. The smallest absolute Gasteiger partial charge is 0.338 e. The van der Waals surface area contributed by atoms with Gasteiger partial charge in [-0.1, -0.05) is 6.92 Å². The van der Waals surface area contributed by atoms with E-state index in [0.29, 0.717) is 6.42 Å². The van der Waals surface area contributed by atoms with Crippen LogP contribution in [0.3, 0.4) is 0 Å². The van der Waals surface area contributed by atoms with Crippen molar-refractivity contribution in [2.75, 3.05) is 0 Å². The fourth-order valence-electron chi connectivity index (χ4n) is 1.54. The lowest BCUT2D eigenvalue weighted by atomic mass is 10.0. The minimum Gasteiger partial charge on any atom is -0.478 e. The largest absolute Gasteiger partial charge is 0.478 e. The summed E-state index contributed by atoms with van der Waals surface area (Å²) in [5.41, 5.74) is -1.36. The average Bonchev–Trinajstić information content (AvgIpc) is 2.30. The van der Waals surface area contributed by atoms with Crippen molar-refractivity contribution in [1.82, 2.24) is 4.72 Å². The predicted molar refractivity (Wildman–Crippen MR) is 72.8 cm³/mol. The van der Waals surface area contributed by atoms with Gasteiger partial charge in [-0.05, 0) is 44.9 Å². The molecule has 0 aliphatic carbocycles. The van der Waals surface area contributed by atoms with Crippen LogP contribution in [0.5, 0.6) is 0 Å². The van der Waals surface area contributed by atoms with Gasteiger partial charge in [0.2, 0.25) is 10.0 Å². The Morgan fingerprint density at radius 1 is 1.40 bits per heavy atom. The number of aryl methyl sites for hydroxylation is 1. The SMILES string of the molecule is CCC(C)(C)NS(=O)(=O)c1cc(C)c(F)c(C(=O)O)c1. The summed E-state index contributed by atoms with van der Waals surface area (Å²) in [5.74, 6) is -2.43. The topological polar surface area (TPSA) is 83.5 Å². The van der Waals surface area contributed by atoms with Gasteiger partial charge < -0.3 is 5.11 Å². The van der Waals surface area contributed by atoms with Gasteiger partial charge in [-0.15, -0.1) is 0 Å². The van der Waals surface area contributed by atoms with E-state index in [-0.39, 0.29) is 10.5 Å². The Kier molecular flexibility index (Phi) is 4.55. The molecule has 0 saturated carbocycles. The van der Waals surface area contributed by atoms with Crippen LogP contribution in [0.25, 0.3) is 0 Å². The molecular formula is C13H18FNO4S. The number of hydrogen-bond donors (Lipinski definition) is 2. The zero-order chi connectivity index (χ0) is 15.7. The summed E-state index contributed by atoms with van der Waals surface area (Å²) in [6.07, 6.45) is 0.554. The molecule has 0 unspecified atom stereocenters. The van der Waals surface area contributed by atoms with Crippen LogP contribution in [-0.2, 0) is 10.0 Å². The molecule has 5 nitrogen and oxygen atoms in total. The highest BCUT2D eigenvalue weighted by molar-refractivity contribution is 7.89. The molecule has 0 saturated heterocycles. The quantitative estimate of drug-likeness (QED) is 0.874. The number of sulfonamides is 1. The molecule has 7 heteroatoms. The van der Waals surface area contributed by atoms with Gasteiger partial charge in [0.15, 0.2) is 0 Å². The number of hydrogen-bond acceptors (Lipinski definition) is 3. The monoisotopic (exact) mass is 303 g/mol. The molecule has 0 aliphatic heterocycles. The molecule has 0 aromatic heterocycles. The molecule has 20 heavy (non-hydrogen) atoms. The lowest BCUT2D eigenvalue weighted by Gasteiger charge is -2.24.